The Labute approximate surface area is 137 Å². The van der Waals surface area contributed by atoms with E-state index in [4.69, 9.17) is 9.47 Å². The smallest absolute Gasteiger partial charge is 0.161 e. The Kier molecular flexibility index (Phi) is 4.72. The fourth-order valence-electron chi connectivity index (χ4n) is 3.10. The van der Waals surface area contributed by atoms with Crippen LogP contribution in [-0.2, 0) is 6.42 Å². The van der Waals surface area contributed by atoms with Crippen molar-refractivity contribution in [1.82, 2.24) is 5.32 Å². The molecule has 0 aromatic heterocycles. The first-order chi connectivity index (χ1) is 11.2. The lowest BCUT2D eigenvalue weighted by atomic mass is 9.89. The second-order valence-corrected chi connectivity index (χ2v) is 5.60. The maximum atomic E-state index is 9.77. The SMILES string of the molecule is CCOc1cc2c(cc1OCC)C(c1cccc(O)c1)NCC2. The normalized spacial score (nSPS) is 16.7. The van der Waals surface area contributed by atoms with Crippen LogP contribution in [0.3, 0.4) is 0 Å². The zero-order valence-electron chi connectivity index (χ0n) is 13.6. The lowest BCUT2D eigenvalue weighted by Crippen LogP contribution is -2.30. The van der Waals surface area contributed by atoms with Crippen LogP contribution in [0.15, 0.2) is 36.4 Å². The molecule has 2 N–H and O–H groups in total. The largest absolute Gasteiger partial charge is 0.508 e. The van der Waals surface area contributed by atoms with Crippen molar-refractivity contribution in [2.45, 2.75) is 26.3 Å². The molecule has 0 aliphatic carbocycles. The van der Waals surface area contributed by atoms with Crippen LogP contribution >= 0.6 is 0 Å². The highest BCUT2D eigenvalue weighted by Crippen LogP contribution is 2.38. The van der Waals surface area contributed by atoms with Crippen LogP contribution in [0.1, 0.15) is 36.6 Å². The molecule has 4 heteroatoms. The van der Waals surface area contributed by atoms with Crippen LogP contribution in [0.2, 0.25) is 0 Å². The van der Waals surface area contributed by atoms with E-state index in [1.54, 1.807) is 6.07 Å². The predicted molar refractivity (Wildman–Crippen MR) is 90.4 cm³/mol. The van der Waals surface area contributed by atoms with Crippen molar-refractivity contribution in [2.75, 3.05) is 19.8 Å². The molecule has 1 unspecified atom stereocenters. The van der Waals surface area contributed by atoms with Crippen molar-refractivity contribution in [3.05, 3.63) is 53.1 Å². The highest BCUT2D eigenvalue weighted by Gasteiger charge is 2.24. The minimum absolute atomic E-state index is 0.0562. The van der Waals surface area contributed by atoms with Crippen LogP contribution in [0.4, 0.5) is 0 Å². The summed E-state index contributed by atoms with van der Waals surface area (Å²) in [7, 11) is 0. The van der Waals surface area contributed by atoms with Gasteiger partial charge in [-0.3, -0.25) is 0 Å². The van der Waals surface area contributed by atoms with Crippen molar-refractivity contribution >= 4 is 0 Å². The molecule has 2 aromatic carbocycles. The lowest BCUT2D eigenvalue weighted by Gasteiger charge is -2.29. The van der Waals surface area contributed by atoms with Crippen LogP contribution in [0.25, 0.3) is 0 Å². The first kappa shape index (κ1) is 15.7. The number of hydrogen-bond acceptors (Lipinski definition) is 4. The maximum Gasteiger partial charge on any atom is 0.161 e. The van der Waals surface area contributed by atoms with Gasteiger partial charge in [0.25, 0.3) is 0 Å². The van der Waals surface area contributed by atoms with E-state index in [-0.39, 0.29) is 11.8 Å². The number of rotatable bonds is 5. The summed E-state index contributed by atoms with van der Waals surface area (Å²) in [6, 6.07) is 11.6. The Morgan fingerprint density at radius 3 is 2.52 bits per heavy atom. The molecule has 2 aromatic rings. The fourth-order valence-corrected chi connectivity index (χ4v) is 3.10. The molecule has 0 saturated heterocycles. The summed E-state index contributed by atoms with van der Waals surface area (Å²) in [5, 5.41) is 13.3. The van der Waals surface area contributed by atoms with Crippen molar-refractivity contribution in [1.29, 1.82) is 0 Å². The highest BCUT2D eigenvalue weighted by atomic mass is 16.5. The lowest BCUT2D eigenvalue weighted by molar-refractivity contribution is 0.286. The molecule has 1 aliphatic heterocycles. The molecule has 3 rings (SSSR count). The summed E-state index contributed by atoms with van der Waals surface area (Å²) in [4.78, 5) is 0. The van der Waals surface area contributed by atoms with E-state index in [0.29, 0.717) is 13.2 Å². The van der Waals surface area contributed by atoms with Gasteiger partial charge in [-0.15, -0.1) is 0 Å². The van der Waals surface area contributed by atoms with Gasteiger partial charge in [0.1, 0.15) is 5.75 Å². The van der Waals surface area contributed by atoms with Gasteiger partial charge in [0.15, 0.2) is 11.5 Å². The second kappa shape index (κ2) is 6.92. The van der Waals surface area contributed by atoms with Gasteiger partial charge in [-0.25, -0.2) is 0 Å². The third-order valence-corrected chi connectivity index (χ3v) is 4.06. The topological polar surface area (TPSA) is 50.7 Å². The summed E-state index contributed by atoms with van der Waals surface area (Å²) >= 11 is 0. The van der Waals surface area contributed by atoms with Crippen molar-refractivity contribution in [2.24, 2.45) is 0 Å². The van der Waals surface area contributed by atoms with Crippen molar-refractivity contribution in [3.63, 3.8) is 0 Å². The molecule has 1 aliphatic rings. The van der Waals surface area contributed by atoms with E-state index in [1.165, 1.54) is 11.1 Å². The number of phenols is 1. The quantitative estimate of drug-likeness (QED) is 0.888. The average molecular weight is 313 g/mol. The molecule has 23 heavy (non-hydrogen) atoms. The Balaban J connectivity index is 2.05. The van der Waals surface area contributed by atoms with Gasteiger partial charge < -0.3 is 19.9 Å². The Bertz CT molecular complexity index is 684. The molecule has 0 spiro atoms. The van der Waals surface area contributed by atoms with Crippen molar-refractivity contribution < 1.29 is 14.6 Å². The van der Waals surface area contributed by atoms with E-state index in [2.05, 4.69) is 17.4 Å². The number of benzene rings is 2. The summed E-state index contributed by atoms with van der Waals surface area (Å²) in [5.41, 5.74) is 3.51. The Hall–Kier alpha value is -2.20. The molecule has 0 fully saturated rings. The van der Waals surface area contributed by atoms with Gasteiger partial charge in [0.05, 0.1) is 19.3 Å². The van der Waals surface area contributed by atoms with Crippen LogP contribution in [0.5, 0.6) is 17.2 Å². The van der Waals surface area contributed by atoms with E-state index in [1.807, 2.05) is 32.0 Å². The number of phenolic OH excluding ortho intramolecular Hbond substituents is 1. The third-order valence-electron chi connectivity index (χ3n) is 4.06. The van der Waals surface area contributed by atoms with Gasteiger partial charge in [-0.1, -0.05) is 12.1 Å². The number of hydrogen-bond donors (Lipinski definition) is 2. The monoisotopic (exact) mass is 313 g/mol. The van der Waals surface area contributed by atoms with Gasteiger partial charge >= 0.3 is 0 Å². The Morgan fingerprint density at radius 2 is 1.83 bits per heavy atom. The molecule has 0 amide bonds. The molecular weight excluding hydrogens is 290 g/mol. The minimum Gasteiger partial charge on any atom is -0.508 e. The van der Waals surface area contributed by atoms with Gasteiger partial charge in [0.2, 0.25) is 0 Å². The summed E-state index contributed by atoms with van der Waals surface area (Å²) in [5.74, 6) is 1.87. The van der Waals surface area contributed by atoms with Crippen molar-refractivity contribution in [3.8, 4) is 17.2 Å². The molecule has 4 nitrogen and oxygen atoms in total. The van der Waals surface area contributed by atoms with Gasteiger partial charge in [-0.05, 0) is 61.2 Å². The van der Waals surface area contributed by atoms with E-state index in [0.717, 1.165) is 30.0 Å². The van der Waals surface area contributed by atoms with E-state index < -0.39 is 0 Å². The molecule has 122 valence electrons. The number of fused-ring (bicyclic) bond motifs is 1. The van der Waals surface area contributed by atoms with E-state index in [9.17, 15) is 5.11 Å². The zero-order chi connectivity index (χ0) is 16.2. The highest BCUT2D eigenvalue weighted by molar-refractivity contribution is 5.52. The van der Waals surface area contributed by atoms with Crippen LogP contribution in [-0.4, -0.2) is 24.9 Å². The second-order valence-electron chi connectivity index (χ2n) is 5.60. The third kappa shape index (κ3) is 3.27. The molecule has 0 radical (unpaired) electrons. The zero-order valence-corrected chi connectivity index (χ0v) is 13.6. The number of nitrogens with one attached hydrogen (secondary N) is 1. The standard InChI is InChI=1S/C19H23NO3/c1-3-22-17-11-13-8-9-20-19(14-6-5-7-15(21)10-14)16(13)12-18(17)23-4-2/h5-7,10-12,19-21H,3-4,8-9H2,1-2H3. The summed E-state index contributed by atoms with van der Waals surface area (Å²) in [6.45, 7) is 6.06. The predicted octanol–water partition coefficient (Wildman–Crippen LogP) is 3.42. The van der Waals surface area contributed by atoms with Crippen LogP contribution in [0, 0.1) is 0 Å². The maximum absolute atomic E-state index is 9.77. The summed E-state index contributed by atoms with van der Waals surface area (Å²) in [6.07, 6.45) is 0.955. The number of ether oxygens (including phenoxy) is 2. The first-order valence-corrected chi connectivity index (χ1v) is 8.17. The van der Waals surface area contributed by atoms with E-state index >= 15 is 0 Å². The molecule has 1 heterocycles. The Morgan fingerprint density at radius 1 is 1.09 bits per heavy atom. The first-order valence-electron chi connectivity index (χ1n) is 8.17. The molecule has 0 saturated carbocycles. The van der Waals surface area contributed by atoms with Gasteiger partial charge in [-0.2, -0.15) is 0 Å². The van der Waals surface area contributed by atoms with Crippen LogP contribution < -0.4 is 14.8 Å². The minimum atomic E-state index is 0.0562. The molecule has 0 bridgehead atoms. The number of aromatic hydroxyl groups is 1. The average Bonchev–Trinajstić information content (AvgIpc) is 2.55. The van der Waals surface area contributed by atoms with Gasteiger partial charge in [0, 0.05) is 6.54 Å². The summed E-state index contributed by atoms with van der Waals surface area (Å²) < 4.78 is 11.5. The fraction of sp³-hybridized carbons (Fsp3) is 0.368. The molecule has 1 atom stereocenters. The molecular formula is C19H23NO3.